The number of hydrogen-bond acceptors (Lipinski definition) is 7. The summed E-state index contributed by atoms with van der Waals surface area (Å²) in [5, 5.41) is 13.4. The molecule has 0 atom stereocenters. The lowest BCUT2D eigenvalue weighted by molar-refractivity contribution is 0.0204. The van der Waals surface area contributed by atoms with E-state index in [1.807, 2.05) is 27.0 Å². The van der Waals surface area contributed by atoms with Crippen LogP contribution in [0.25, 0.3) is 26.6 Å². The molecule has 1 fully saturated rings. The number of nitrogens with zero attached hydrogens (tertiary/aromatic N) is 7. The lowest BCUT2D eigenvalue weighted by atomic mass is 9.94. The van der Waals surface area contributed by atoms with Crippen molar-refractivity contribution in [1.82, 2.24) is 34.5 Å². The van der Waals surface area contributed by atoms with E-state index in [-0.39, 0.29) is 23.1 Å². The molecule has 4 heterocycles. The van der Waals surface area contributed by atoms with Crippen molar-refractivity contribution in [1.29, 1.82) is 0 Å². The normalized spacial score (nSPS) is 15.7. The number of carbonyl (C=O) groups is 1. The molecular formula is C22H25F2N7O2S. The van der Waals surface area contributed by atoms with E-state index in [2.05, 4.69) is 15.3 Å². The van der Waals surface area contributed by atoms with E-state index in [0.29, 0.717) is 34.1 Å². The summed E-state index contributed by atoms with van der Waals surface area (Å²) in [7, 11) is 1.60. The van der Waals surface area contributed by atoms with Crippen LogP contribution in [0.1, 0.15) is 57.2 Å². The molecule has 0 radical (unpaired) electrons. The molecule has 0 bridgehead atoms. The average Bonchev–Trinajstić information content (AvgIpc) is 3.43. The molecule has 1 aromatic carbocycles. The highest BCUT2D eigenvalue weighted by Gasteiger charge is 2.29. The minimum absolute atomic E-state index is 0.161. The molecule has 34 heavy (non-hydrogen) atoms. The van der Waals surface area contributed by atoms with E-state index in [9.17, 15) is 13.6 Å². The first-order chi connectivity index (χ1) is 16.1. The first kappa shape index (κ1) is 22.6. The number of hydrogen-bond donors (Lipinski definition) is 0. The van der Waals surface area contributed by atoms with Crippen LogP contribution in [0.4, 0.5) is 13.6 Å². The number of ether oxygens (including phenoxy) is 1. The number of benzene rings is 1. The minimum atomic E-state index is -2.67. The second-order valence-electron chi connectivity index (χ2n) is 9.47. The van der Waals surface area contributed by atoms with Crippen LogP contribution < -0.4 is 0 Å². The van der Waals surface area contributed by atoms with Gasteiger partial charge in [0, 0.05) is 37.2 Å². The number of amides is 1. The van der Waals surface area contributed by atoms with Crippen molar-refractivity contribution in [2.75, 3.05) is 13.1 Å². The Labute approximate surface area is 198 Å². The van der Waals surface area contributed by atoms with Gasteiger partial charge in [0.05, 0.1) is 11.9 Å². The van der Waals surface area contributed by atoms with Gasteiger partial charge >= 0.3 is 6.09 Å². The van der Waals surface area contributed by atoms with Crippen molar-refractivity contribution < 1.29 is 18.3 Å². The number of aryl methyl sites for hydroxylation is 1. The molecule has 12 heteroatoms. The number of aromatic nitrogens is 6. The van der Waals surface area contributed by atoms with Crippen LogP contribution in [0.2, 0.25) is 0 Å². The zero-order valence-corrected chi connectivity index (χ0v) is 20.1. The lowest BCUT2D eigenvalue weighted by Gasteiger charge is -2.32. The van der Waals surface area contributed by atoms with E-state index >= 15 is 0 Å². The number of piperidine rings is 1. The number of carbonyl (C=O) groups excluding carboxylic acids is 1. The van der Waals surface area contributed by atoms with Gasteiger partial charge in [0.1, 0.15) is 21.6 Å². The zero-order chi connectivity index (χ0) is 24.2. The molecule has 3 aromatic heterocycles. The Bertz CT molecular complexity index is 1330. The lowest BCUT2D eigenvalue weighted by Crippen LogP contribution is -2.41. The van der Waals surface area contributed by atoms with Crippen LogP contribution in [0, 0.1) is 0 Å². The molecule has 0 aliphatic carbocycles. The minimum Gasteiger partial charge on any atom is -0.444 e. The Hall–Kier alpha value is -3.15. The van der Waals surface area contributed by atoms with E-state index < -0.39 is 12.0 Å². The highest BCUT2D eigenvalue weighted by atomic mass is 32.1. The molecule has 1 aliphatic rings. The third kappa shape index (κ3) is 4.33. The zero-order valence-electron chi connectivity index (χ0n) is 19.3. The number of likely N-dealkylation sites (tertiary alicyclic amines) is 1. The Morgan fingerprint density at radius 1 is 1.18 bits per heavy atom. The standard InChI is InChI=1S/C22H25F2N7O2S/c1-22(2,3)33-21(32)30-7-5-12(6-8-30)16-11-31-20(25-16)34-19(28-31)13-9-14(18(23)24)17-15(10-13)26-29(4)27-17/h9-12,18H,5-8H2,1-4H3. The average molecular weight is 490 g/mol. The van der Waals surface area contributed by atoms with Gasteiger partial charge < -0.3 is 9.64 Å². The van der Waals surface area contributed by atoms with Crippen molar-refractivity contribution in [2.45, 2.75) is 51.6 Å². The smallest absolute Gasteiger partial charge is 0.410 e. The molecule has 4 aromatic rings. The van der Waals surface area contributed by atoms with Gasteiger partial charge in [-0.25, -0.2) is 23.1 Å². The summed E-state index contributed by atoms with van der Waals surface area (Å²) in [6, 6.07) is 3.15. The Morgan fingerprint density at radius 2 is 1.91 bits per heavy atom. The third-order valence-corrected chi connectivity index (χ3v) is 6.70. The number of halogens is 2. The topological polar surface area (TPSA) is 90.4 Å². The van der Waals surface area contributed by atoms with E-state index in [1.165, 1.54) is 22.2 Å². The van der Waals surface area contributed by atoms with Gasteiger partial charge in [-0.05, 0) is 45.7 Å². The van der Waals surface area contributed by atoms with Crippen LogP contribution in [-0.2, 0) is 11.8 Å². The monoisotopic (exact) mass is 489 g/mol. The number of rotatable bonds is 3. The summed E-state index contributed by atoms with van der Waals surface area (Å²) in [6.07, 6.45) is 0.515. The molecule has 0 spiro atoms. The van der Waals surface area contributed by atoms with Crippen molar-refractivity contribution in [3.05, 3.63) is 29.6 Å². The van der Waals surface area contributed by atoms with Gasteiger partial charge in [-0.2, -0.15) is 20.1 Å². The fraction of sp³-hybridized carbons (Fsp3) is 0.500. The Kier molecular flexibility index (Phi) is 5.50. The molecule has 180 valence electrons. The van der Waals surface area contributed by atoms with Crippen LogP contribution >= 0.6 is 11.3 Å². The maximum absolute atomic E-state index is 13.6. The third-order valence-electron chi connectivity index (χ3n) is 5.73. The van der Waals surface area contributed by atoms with Crippen LogP contribution in [0.3, 0.4) is 0 Å². The van der Waals surface area contributed by atoms with Crippen molar-refractivity contribution in [3.8, 4) is 10.6 Å². The van der Waals surface area contributed by atoms with E-state index in [0.717, 1.165) is 18.5 Å². The maximum atomic E-state index is 13.6. The van der Waals surface area contributed by atoms with E-state index in [1.54, 1.807) is 22.5 Å². The quantitative estimate of drug-likeness (QED) is 0.411. The van der Waals surface area contributed by atoms with Crippen molar-refractivity contribution in [2.24, 2.45) is 7.05 Å². The van der Waals surface area contributed by atoms with Crippen LogP contribution in [0.15, 0.2) is 18.3 Å². The first-order valence-electron chi connectivity index (χ1n) is 11.0. The molecule has 9 nitrogen and oxygen atoms in total. The Morgan fingerprint density at radius 3 is 2.56 bits per heavy atom. The van der Waals surface area contributed by atoms with Crippen LogP contribution in [0.5, 0.6) is 0 Å². The summed E-state index contributed by atoms with van der Waals surface area (Å²) in [6.45, 7) is 6.79. The van der Waals surface area contributed by atoms with Crippen molar-refractivity contribution in [3.63, 3.8) is 0 Å². The molecule has 0 saturated carbocycles. The van der Waals surface area contributed by atoms with Crippen molar-refractivity contribution >= 4 is 33.4 Å². The molecule has 1 aliphatic heterocycles. The fourth-order valence-electron chi connectivity index (χ4n) is 4.15. The second-order valence-corrected chi connectivity index (χ2v) is 10.4. The predicted molar refractivity (Wildman–Crippen MR) is 123 cm³/mol. The molecule has 1 amide bonds. The molecular weight excluding hydrogens is 464 g/mol. The summed E-state index contributed by atoms with van der Waals surface area (Å²) in [4.78, 5) is 20.8. The van der Waals surface area contributed by atoms with Gasteiger partial charge in [-0.1, -0.05) is 11.3 Å². The largest absolute Gasteiger partial charge is 0.444 e. The van der Waals surface area contributed by atoms with E-state index in [4.69, 9.17) is 9.72 Å². The fourth-order valence-corrected chi connectivity index (χ4v) is 5.03. The first-order valence-corrected chi connectivity index (χ1v) is 11.9. The summed E-state index contributed by atoms with van der Waals surface area (Å²) < 4.78 is 34.4. The SMILES string of the molecule is Cn1nc2cc(-c3nn4cc(C5CCN(C(=O)OC(C)(C)C)CC5)nc4s3)cc(C(F)F)c2n1. The van der Waals surface area contributed by atoms with Gasteiger partial charge in [-0.3, -0.25) is 0 Å². The number of alkyl halides is 2. The molecule has 0 unspecified atom stereocenters. The highest BCUT2D eigenvalue weighted by molar-refractivity contribution is 7.19. The summed E-state index contributed by atoms with van der Waals surface area (Å²) >= 11 is 1.34. The molecule has 5 rings (SSSR count). The predicted octanol–water partition coefficient (Wildman–Crippen LogP) is 4.79. The van der Waals surface area contributed by atoms with Gasteiger partial charge in [0.2, 0.25) is 4.96 Å². The molecule has 0 N–H and O–H groups in total. The summed E-state index contributed by atoms with van der Waals surface area (Å²) in [5.74, 6) is 0.220. The van der Waals surface area contributed by atoms with Crippen LogP contribution in [-0.4, -0.2) is 59.3 Å². The second kappa shape index (κ2) is 8.26. The summed E-state index contributed by atoms with van der Waals surface area (Å²) in [5.41, 5.74) is 1.41. The number of imidazole rings is 1. The maximum Gasteiger partial charge on any atom is 0.410 e. The number of fused-ring (bicyclic) bond motifs is 2. The molecule has 1 saturated heterocycles. The highest BCUT2D eigenvalue weighted by Crippen LogP contribution is 2.35. The van der Waals surface area contributed by atoms with Gasteiger partial charge in [-0.15, -0.1) is 0 Å². The van der Waals surface area contributed by atoms with Gasteiger partial charge in [0.15, 0.2) is 0 Å². The van der Waals surface area contributed by atoms with Gasteiger partial charge in [0.25, 0.3) is 6.43 Å². The Balaban J connectivity index is 1.34.